The van der Waals surface area contributed by atoms with Crippen LogP contribution in [0.5, 0.6) is 0 Å². The Balaban J connectivity index is 1.50. The number of hydrogen-bond donors (Lipinski definition) is 0. The molecule has 4 bridgehead atoms. The number of carbonyl (C=O) groups excluding carboxylic acids is 2. The summed E-state index contributed by atoms with van der Waals surface area (Å²) >= 11 is 0. The van der Waals surface area contributed by atoms with Crippen molar-refractivity contribution in [3.8, 4) is 0 Å². The molecule has 0 N–H and O–H groups in total. The molecular weight excluding hydrogens is 332 g/mol. The molecule has 0 amide bonds. The number of rotatable bonds is 5. The number of methoxy groups -OCH3 is 1. The van der Waals surface area contributed by atoms with Crippen LogP contribution in [-0.2, 0) is 19.0 Å². The Kier molecular flexibility index (Phi) is 4.57. The fourth-order valence-electron chi connectivity index (χ4n) is 4.76. The van der Waals surface area contributed by atoms with Crippen molar-refractivity contribution in [2.45, 2.75) is 44.3 Å². The summed E-state index contributed by atoms with van der Waals surface area (Å²) in [5.41, 5.74) is 0.955. The molecule has 1 saturated heterocycles. The van der Waals surface area contributed by atoms with E-state index < -0.39 is 5.41 Å². The highest BCUT2D eigenvalue weighted by Crippen LogP contribution is 2.54. The minimum Gasteiger partial charge on any atom is -0.462 e. The van der Waals surface area contributed by atoms with Crippen molar-refractivity contribution in [3.63, 3.8) is 0 Å². The molecule has 0 aromatic heterocycles. The van der Waals surface area contributed by atoms with E-state index in [0.717, 1.165) is 24.8 Å². The molecule has 5 heteroatoms. The topological polar surface area (TPSA) is 61.8 Å². The van der Waals surface area contributed by atoms with Gasteiger partial charge >= 0.3 is 11.9 Å². The third kappa shape index (κ3) is 2.75. The quantitative estimate of drug-likeness (QED) is 0.598. The van der Waals surface area contributed by atoms with Crippen molar-refractivity contribution in [2.75, 3.05) is 13.7 Å². The average Bonchev–Trinajstić information content (AvgIpc) is 2.92. The van der Waals surface area contributed by atoms with Gasteiger partial charge in [0.25, 0.3) is 0 Å². The lowest BCUT2D eigenvalue weighted by Crippen LogP contribution is -2.35. The van der Waals surface area contributed by atoms with Crippen molar-refractivity contribution in [2.24, 2.45) is 11.3 Å². The van der Waals surface area contributed by atoms with Gasteiger partial charge < -0.3 is 14.2 Å². The third-order valence-corrected chi connectivity index (χ3v) is 6.14. The number of benzene rings is 1. The first-order chi connectivity index (χ1) is 12.7. The molecule has 2 fully saturated rings. The van der Waals surface area contributed by atoms with E-state index in [2.05, 4.69) is 6.08 Å². The van der Waals surface area contributed by atoms with Crippen LogP contribution in [0, 0.1) is 11.3 Å². The minimum atomic E-state index is -0.659. The lowest BCUT2D eigenvalue weighted by molar-refractivity contribution is -0.155. The molecule has 0 unspecified atom stereocenters. The van der Waals surface area contributed by atoms with E-state index in [-0.39, 0.29) is 36.7 Å². The summed E-state index contributed by atoms with van der Waals surface area (Å²) in [4.78, 5) is 24.9. The van der Waals surface area contributed by atoms with Crippen molar-refractivity contribution in [3.05, 3.63) is 47.5 Å². The fraction of sp³-hybridized carbons (Fsp3) is 0.524. The average molecular weight is 356 g/mol. The summed E-state index contributed by atoms with van der Waals surface area (Å²) < 4.78 is 16.9. The number of allylic oxidation sites excluding steroid dienone is 1. The monoisotopic (exact) mass is 356 g/mol. The second-order valence-corrected chi connectivity index (χ2v) is 7.37. The van der Waals surface area contributed by atoms with Crippen LogP contribution in [-0.4, -0.2) is 37.9 Å². The van der Waals surface area contributed by atoms with Gasteiger partial charge in [-0.15, -0.1) is 0 Å². The minimum absolute atomic E-state index is 0.116. The maximum atomic E-state index is 12.8. The molecule has 1 saturated carbocycles. The number of ether oxygens (including phenoxy) is 3. The lowest BCUT2D eigenvalue weighted by Gasteiger charge is -2.31. The van der Waals surface area contributed by atoms with Gasteiger partial charge in [-0.25, -0.2) is 4.79 Å². The van der Waals surface area contributed by atoms with E-state index in [0.29, 0.717) is 18.4 Å². The van der Waals surface area contributed by atoms with Crippen LogP contribution in [0.25, 0.3) is 0 Å². The summed E-state index contributed by atoms with van der Waals surface area (Å²) in [6.45, 7) is 0.204. The Bertz CT molecular complexity index is 725. The van der Waals surface area contributed by atoms with Gasteiger partial charge in [0.15, 0.2) is 0 Å². The van der Waals surface area contributed by atoms with Crippen molar-refractivity contribution in [1.82, 2.24) is 0 Å². The zero-order chi connectivity index (χ0) is 18.1. The molecular formula is C21H24O5. The molecule has 1 aromatic rings. The summed E-state index contributed by atoms with van der Waals surface area (Å²) in [6.07, 6.45) is 6.03. The second kappa shape index (κ2) is 6.88. The normalized spacial score (nSPS) is 32.4. The van der Waals surface area contributed by atoms with Gasteiger partial charge in [0, 0.05) is 19.4 Å². The molecule has 5 nitrogen and oxygen atoms in total. The second-order valence-electron chi connectivity index (χ2n) is 7.37. The van der Waals surface area contributed by atoms with E-state index in [1.165, 1.54) is 0 Å². The van der Waals surface area contributed by atoms with E-state index in [1.54, 1.807) is 31.4 Å². The molecule has 1 aromatic carbocycles. The van der Waals surface area contributed by atoms with Gasteiger partial charge in [-0.1, -0.05) is 24.3 Å². The van der Waals surface area contributed by atoms with Crippen LogP contribution in [0.2, 0.25) is 0 Å². The van der Waals surface area contributed by atoms with Crippen LogP contribution in [0.4, 0.5) is 0 Å². The molecule has 138 valence electrons. The molecule has 3 aliphatic rings. The van der Waals surface area contributed by atoms with Crippen LogP contribution >= 0.6 is 0 Å². The predicted octanol–water partition coefficient (Wildman–Crippen LogP) is 3.29. The molecule has 1 aliphatic heterocycles. The van der Waals surface area contributed by atoms with Crippen LogP contribution < -0.4 is 0 Å². The third-order valence-electron chi connectivity index (χ3n) is 6.14. The van der Waals surface area contributed by atoms with Crippen molar-refractivity contribution < 1.29 is 23.8 Å². The first kappa shape index (κ1) is 17.3. The van der Waals surface area contributed by atoms with Gasteiger partial charge in [-0.2, -0.15) is 0 Å². The molecule has 0 spiro atoms. The van der Waals surface area contributed by atoms with Gasteiger partial charge in [-0.05, 0) is 43.4 Å². The summed E-state index contributed by atoms with van der Waals surface area (Å²) in [6, 6.07) is 8.91. The molecule has 1 heterocycles. The highest BCUT2D eigenvalue weighted by Gasteiger charge is 2.59. The molecule has 26 heavy (non-hydrogen) atoms. The maximum Gasteiger partial charge on any atom is 0.338 e. The number of esters is 2. The maximum absolute atomic E-state index is 12.8. The first-order valence-electron chi connectivity index (χ1n) is 9.32. The summed E-state index contributed by atoms with van der Waals surface area (Å²) in [7, 11) is 1.73. The van der Waals surface area contributed by atoms with Crippen LogP contribution in [0.1, 0.15) is 42.5 Å². The summed E-state index contributed by atoms with van der Waals surface area (Å²) in [5.74, 6) is -0.282. The van der Waals surface area contributed by atoms with Gasteiger partial charge in [-0.3, -0.25) is 4.79 Å². The SMILES string of the molecule is CO[C@H]1CC[C@@]2(CCOC(=O)c3ccccc3)C(=O)O[C@@H]3C2=CCC[C@H]13. The Morgan fingerprint density at radius 1 is 1.27 bits per heavy atom. The number of carbonyl (C=O) groups is 2. The summed E-state index contributed by atoms with van der Waals surface area (Å²) in [5, 5.41) is 0. The van der Waals surface area contributed by atoms with E-state index in [9.17, 15) is 9.59 Å². The Labute approximate surface area is 153 Å². The van der Waals surface area contributed by atoms with E-state index >= 15 is 0 Å². The molecule has 4 rings (SSSR count). The smallest absolute Gasteiger partial charge is 0.338 e. The van der Waals surface area contributed by atoms with Crippen LogP contribution in [0.15, 0.2) is 42.0 Å². The molecule has 4 atom stereocenters. The first-order valence-corrected chi connectivity index (χ1v) is 9.32. The highest BCUT2D eigenvalue weighted by molar-refractivity contribution is 5.89. The van der Waals surface area contributed by atoms with E-state index in [4.69, 9.17) is 14.2 Å². The zero-order valence-corrected chi connectivity index (χ0v) is 15.0. The predicted molar refractivity (Wildman–Crippen MR) is 94.5 cm³/mol. The van der Waals surface area contributed by atoms with Gasteiger partial charge in [0.2, 0.25) is 0 Å². The molecule has 0 radical (unpaired) electrons. The van der Waals surface area contributed by atoms with Gasteiger partial charge in [0.1, 0.15) is 6.10 Å². The standard InChI is InChI=1S/C21H24O5/c1-24-17-10-11-21(12-13-25-19(22)14-6-3-2-4-7-14)16-9-5-8-15(17)18(16)26-20(21)23/h2-4,6-7,9,15,17-18H,5,8,10-13H2,1H3/t15-,17+,18+,21+/m1/s1. The zero-order valence-electron chi connectivity index (χ0n) is 15.0. The highest BCUT2D eigenvalue weighted by atomic mass is 16.6. The Morgan fingerprint density at radius 3 is 2.85 bits per heavy atom. The largest absolute Gasteiger partial charge is 0.462 e. The lowest BCUT2D eigenvalue weighted by atomic mass is 9.72. The fourth-order valence-corrected chi connectivity index (χ4v) is 4.76. The Morgan fingerprint density at radius 2 is 2.08 bits per heavy atom. The molecule has 2 aliphatic carbocycles. The van der Waals surface area contributed by atoms with E-state index in [1.807, 2.05) is 6.07 Å². The van der Waals surface area contributed by atoms with Crippen molar-refractivity contribution in [1.29, 1.82) is 0 Å². The number of hydrogen-bond acceptors (Lipinski definition) is 5. The Hall–Kier alpha value is -2.14. The van der Waals surface area contributed by atoms with Crippen LogP contribution in [0.3, 0.4) is 0 Å². The van der Waals surface area contributed by atoms with Crippen molar-refractivity contribution >= 4 is 11.9 Å². The van der Waals surface area contributed by atoms with Gasteiger partial charge in [0.05, 0.1) is 23.7 Å².